The van der Waals surface area contributed by atoms with Crippen LogP contribution in [0.15, 0.2) is 18.2 Å². The van der Waals surface area contributed by atoms with Crippen molar-refractivity contribution in [2.75, 3.05) is 62.7 Å². The summed E-state index contributed by atoms with van der Waals surface area (Å²) in [6.45, 7) is 6.73. The van der Waals surface area contributed by atoms with Crippen LogP contribution in [0.4, 0.5) is 11.4 Å². The van der Waals surface area contributed by atoms with E-state index < -0.39 is 0 Å². The second kappa shape index (κ2) is 11.7. The van der Waals surface area contributed by atoms with Crippen LogP contribution in [0.3, 0.4) is 0 Å². The van der Waals surface area contributed by atoms with Crippen LogP contribution >= 0.6 is 0 Å². The quantitative estimate of drug-likeness (QED) is 0.614. The first-order chi connectivity index (χ1) is 15.7. The van der Waals surface area contributed by atoms with E-state index in [0.717, 1.165) is 70.9 Å². The summed E-state index contributed by atoms with van der Waals surface area (Å²) in [4.78, 5) is 30.2. The fraction of sp³-hybridized carbons (Fsp3) is 0.680. The number of amides is 2. The summed E-state index contributed by atoms with van der Waals surface area (Å²) in [5.41, 5.74) is 2.33. The van der Waals surface area contributed by atoms with Crippen LogP contribution in [-0.4, -0.2) is 69.2 Å². The third-order valence-electron chi connectivity index (χ3n) is 7.04. The van der Waals surface area contributed by atoms with E-state index in [0.29, 0.717) is 30.1 Å². The minimum Gasteiger partial charge on any atom is -0.379 e. The zero-order valence-electron chi connectivity index (χ0n) is 19.2. The summed E-state index contributed by atoms with van der Waals surface area (Å²) >= 11 is 0. The molecule has 0 aromatic heterocycles. The Morgan fingerprint density at radius 1 is 1.00 bits per heavy atom. The maximum atomic E-state index is 13.1. The molecule has 0 atom stereocenters. The molecule has 2 amide bonds. The van der Waals surface area contributed by atoms with Crippen molar-refractivity contribution >= 4 is 23.2 Å². The lowest BCUT2D eigenvalue weighted by Gasteiger charge is -2.26. The van der Waals surface area contributed by atoms with Crippen molar-refractivity contribution in [2.45, 2.75) is 51.4 Å². The summed E-state index contributed by atoms with van der Waals surface area (Å²) in [7, 11) is 0. The highest BCUT2D eigenvalue weighted by atomic mass is 16.5. The number of anilines is 2. The predicted octanol–water partition coefficient (Wildman–Crippen LogP) is 3.26. The van der Waals surface area contributed by atoms with Crippen LogP contribution in [0, 0.1) is 5.92 Å². The molecule has 0 unspecified atom stereocenters. The molecule has 1 aromatic carbocycles. The molecule has 1 aromatic rings. The number of hydrogen-bond donors (Lipinski definition) is 2. The highest BCUT2D eigenvalue weighted by Crippen LogP contribution is 2.30. The molecule has 1 aliphatic carbocycles. The zero-order chi connectivity index (χ0) is 22.2. The molecule has 2 aliphatic heterocycles. The van der Waals surface area contributed by atoms with Gasteiger partial charge in [0.15, 0.2) is 0 Å². The summed E-state index contributed by atoms with van der Waals surface area (Å²) in [5, 5.41) is 6.12. The van der Waals surface area contributed by atoms with Gasteiger partial charge in [0.2, 0.25) is 5.91 Å². The van der Waals surface area contributed by atoms with Gasteiger partial charge in [-0.05, 0) is 43.4 Å². The van der Waals surface area contributed by atoms with Crippen molar-refractivity contribution in [3.63, 3.8) is 0 Å². The predicted molar refractivity (Wildman–Crippen MR) is 127 cm³/mol. The van der Waals surface area contributed by atoms with E-state index in [1.54, 1.807) is 0 Å². The molecule has 176 valence electrons. The average Bonchev–Trinajstić information content (AvgIpc) is 3.53. The van der Waals surface area contributed by atoms with Crippen LogP contribution in [0.25, 0.3) is 0 Å². The molecular weight excluding hydrogens is 404 g/mol. The first kappa shape index (κ1) is 23.1. The van der Waals surface area contributed by atoms with Crippen LogP contribution in [0.2, 0.25) is 0 Å². The van der Waals surface area contributed by atoms with E-state index in [4.69, 9.17) is 4.74 Å². The minimum atomic E-state index is -0.0674. The van der Waals surface area contributed by atoms with Crippen molar-refractivity contribution in [1.82, 2.24) is 10.2 Å². The van der Waals surface area contributed by atoms with Gasteiger partial charge in [0.1, 0.15) is 0 Å². The fourth-order valence-corrected chi connectivity index (χ4v) is 5.13. The highest BCUT2D eigenvalue weighted by Gasteiger charge is 2.21. The molecule has 0 radical (unpaired) electrons. The second-order valence-corrected chi connectivity index (χ2v) is 9.37. The number of rotatable bonds is 9. The Labute approximate surface area is 191 Å². The Balaban J connectivity index is 1.37. The van der Waals surface area contributed by atoms with Gasteiger partial charge in [-0.15, -0.1) is 0 Å². The van der Waals surface area contributed by atoms with Gasteiger partial charge in [-0.3, -0.25) is 14.5 Å². The SMILES string of the molecule is O=C(CCC1CCCC1)Nc1ccc(N2CCCC2)c(C(=O)NCCN2CCOCC2)c1. The molecule has 0 spiro atoms. The first-order valence-electron chi connectivity index (χ1n) is 12.5. The largest absolute Gasteiger partial charge is 0.379 e. The van der Waals surface area contributed by atoms with Gasteiger partial charge in [0, 0.05) is 57.1 Å². The molecule has 2 heterocycles. The maximum Gasteiger partial charge on any atom is 0.253 e. The molecule has 7 heteroatoms. The van der Waals surface area contributed by atoms with Gasteiger partial charge < -0.3 is 20.3 Å². The lowest BCUT2D eigenvalue weighted by Crippen LogP contribution is -2.41. The maximum absolute atomic E-state index is 13.1. The number of morpholine rings is 1. The Kier molecular flexibility index (Phi) is 8.40. The van der Waals surface area contributed by atoms with Crippen molar-refractivity contribution in [3.05, 3.63) is 23.8 Å². The number of ether oxygens (including phenoxy) is 1. The van der Waals surface area contributed by atoms with Crippen LogP contribution < -0.4 is 15.5 Å². The lowest BCUT2D eigenvalue weighted by molar-refractivity contribution is -0.116. The van der Waals surface area contributed by atoms with E-state index in [1.165, 1.54) is 25.7 Å². The van der Waals surface area contributed by atoms with Gasteiger partial charge >= 0.3 is 0 Å². The smallest absolute Gasteiger partial charge is 0.253 e. The number of nitrogens with zero attached hydrogens (tertiary/aromatic N) is 2. The highest BCUT2D eigenvalue weighted by molar-refractivity contribution is 6.02. The molecular formula is C25H38N4O3. The number of hydrogen-bond acceptors (Lipinski definition) is 5. The van der Waals surface area contributed by atoms with Crippen LogP contribution in [0.1, 0.15) is 61.7 Å². The normalized spacial score (nSPS) is 19.9. The average molecular weight is 443 g/mol. The molecule has 3 aliphatic rings. The third kappa shape index (κ3) is 6.45. The molecule has 2 N–H and O–H groups in total. The summed E-state index contributed by atoms with van der Waals surface area (Å²) in [6, 6.07) is 5.78. The van der Waals surface area contributed by atoms with Gasteiger partial charge in [0.05, 0.1) is 18.8 Å². The van der Waals surface area contributed by atoms with E-state index in [2.05, 4.69) is 20.4 Å². The monoisotopic (exact) mass is 442 g/mol. The molecule has 3 fully saturated rings. The van der Waals surface area contributed by atoms with Crippen molar-refractivity contribution in [3.8, 4) is 0 Å². The van der Waals surface area contributed by atoms with Crippen molar-refractivity contribution in [2.24, 2.45) is 5.92 Å². The Morgan fingerprint density at radius 3 is 2.50 bits per heavy atom. The molecule has 4 rings (SSSR count). The second-order valence-electron chi connectivity index (χ2n) is 9.37. The Hall–Kier alpha value is -2.12. The zero-order valence-corrected chi connectivity index (χ0v) is 19.2. The summed E-state index contributed by atoms with van der Waals surface area (Å²) < 4.78 is 5.39. The first-order valence-corrected chi connectivity index (χ1v) is 12.5. The third-order valence-corrected chi connectivity index (χ3v) is 7.04. The molecule has 7 nitrogen and oxygen atoms in total. The lowest BCUT2D eigenvalue weighted by atomic mass is 10.0. The Bertz CT molecular complexity index is 766. The van der Waals surface area contributed by atoms with E-state index in [9.17, 15) is 9.59 Å². The summed E-state index contributed by atoms with van der Waals surface area (Å²) in [6.07, 6.45) is 8.93. The van der Waals surface area contributed by atoms with Gasteiger partial charge in [0.25, 0.3) is 5.91 Å². The van der Waals surface area contributed by atoms with E-state index in [1.807, 2.05) is 18.2 Å². The van der Waals surface area contributed by atoms with Gasteiger partial charge in [-0.1, -0.05) is 25.7 Å². The molecule has 0 bridgehead atoms. The minimum absolute atomic E-state index is 0.0458. The number of carbonyl (C=O) groups excluding carboxylic acids is 2. The van der Waals surface area contributed by atoms with Crippen molar-refractivity contribution < 1.29 is 14.3 Å². The number of carbonyl (C=O) groups is 2. The molecule has 2 saturated heterocycles. The molecule has 32 heavy (non-hydrogen) atoms. The standard InChI is InChI=1S/C25H38N4O3/c30-24(10-7-20-5-1-2-6-20)27-21-8-9-23(29-12-3-4-13-29)22(19-21)25(31)26-11-14-28-15-17-32-18-16-28/h8-9,19-20H,1-7,10-18H2,(H,26,31)(H,27,30). The summed E-state index contributed by atoms with van der Waals surface area (Å²) in [5.74, 6) is 0.679. The number of benzene rings is 1. The topological polar surface area (TPSA) is 73.9 Å². The molecule has 1 saturated carbocycles. The van der Waals surface area contributed by atoms with Gasteiger partial charge in [-0.25, -0.2) is 0 Å². The van der Waals surface area contributed by atoms with Gasteiger partial charge in [-0.2, -0.15) is 0 Å². The van der Waals surface area contributed by atoms with E-state index >= 15 is 0 Å². The fourth-order valence-electron chi connectivity index (χ4n) is 5.13. The van der Waals surface area contributed by atoms with Crippen LogP contribution in [-0.2, 0) is 9.53 Å². The van der Waals surface area contributed by atoms with E-state index in [-0.39, 0.29) is 11.8 Å². The Morgan fingerprint density at radius 2 is 1.75 bits per heavy atom. The van der Waals surface area contributed by atoms with Crippen LogP contribution in [0.5, 0.6) is 0 Å². The van der Waals surface area contributed by atoms with Crippen molar-refractivity contribution in [1.29, 1.82) is 0 Å². The number of nitrogens with one attached hydrogen (secondary N) is 2.